The number of aryl methyl sites for hydroxylation is 1. The number of nitrogens with one attached hydrogen (secondary N) is 1. The molecule has 9 heteroatoms. The number of hydrogen-bond acceptors (Lipinski definition) is 5. The number of carbonyl (C=O) groups excluding carboxylic acids is 1. The number of pyridine rings is 1. The largest absolute Gasteiger partial charge is 0.348 e. The Hall–Kier alpha value is -3.04. The SMILES string of the molecule is CN(C)S(=O)(=O)c1ccc(C(=O)NCc2ccnc(-c3cnn(C)c3)c2)cc1. The molecule has 0 saturated heterocycles. The smallest absolute Gasteiger partial charge is 0.251 e. The summed E-state index contributed by atoms with van der Waals surface area (Å²) in [5.74, 6) is -0.284. The number of sulfonamides is 1. The molecule has 1 amide bonds. The fourth-order valence-corrected chi connectivity index (χ4v) is 3.47. The van der Waals surface area contributed by atoms with Gasteiger partial charge < -0.3 is 5.32 Å². The van der Waals surface area contributed by atoms with Gasteiger partial charge in [0.1, 0.15) is 0 Å². The van der Waals surface area contributed by atoms with Crippen LogP contribution in [0.2, 0.25) is 0 Å². The Morgan fingerprint density at radius 3 is 2.50 bits per heavy atom. The van der Waals surface area contributed by atoms with E-state index in [0.29, 0.717) is 12.1 Å². The highest BCUT2D eigenvalue weighted by molar-refractivity contribution is 7.89. The highest BCUT2D eigenvalue weighted by Crippen LogP contribution is 2.17. The van der Waals surface area contributed by atoms with Crippen molar-refractivity contribution in [3.05, 3.63) is 66.1 Å². The van der Waals surface area contributed by atoms with Crippen LogP contribution in [0.4, 0.5) is 0 Å². The molecule has 2 aromatic heterocycles. The van der Waals surface area contributed by atoms with E-state index in [1.54, 1.807) is 17.1 Å². The highest BCUT2D eigenvalue weighted by atomic mass is 32.2. The second-order valence-corrected chi connectivity index (χ2v) is 8.60. The van der Waals surface area contributed by atoms with Crippen molar-refractivity contribution in [2.24, 2.45) is 7.05 Å². The van der Waals surface area contributed by atoms with Crippen LogP contribution >= 0.6 is 0 Å². The van der Waals surface area contributed by atoms with Crippen LogP contribution in [0.15, 0.2) is 59.9 Å². The van der Waals surface area contributed by atoms with Gasteiger partial charge in [0.15, 0.2) is 0 Å². The first-order valence-corrected chi connectivity index (χ1v) is 9.96. The van der Waals surface area contributed by atoms with Crippen molar-refractivity contribution >= 4 is 15.9 Å². The lowest BCUT2D eigenvalue weighted by atomic mass is 10.1. The molecule has 0 aliphatic heterocycles. The van der Waals surface area contributed by atoms with E-state index in [1.807, 2.05) is 25.4 Å². The van der Waals surface area contributed by atoms with Crippen molar-refractivity contribution in [2.45, 2.75) is 11.4 Å². The maximum absolute atomic E-state index is 12.4. The zero-order valence-electron chi connectivity index (χ0n) is 15.8. The van der Waals surface area contributed by atoms with Gasteiger partial charge in [-0.1, -0.05) is 0 Å². The van der Waals surface area contributed by atoms with Gasteiger partial charge in [-0.15, -0.1) is 0 Å². The first-order valence-electron chi connectivity index (χ1n) is 8.52. The summed E-state index contributed by atoms with van der Waals surface area (Å²) in [5.41, 5.74) is 2.96. The average molecular weight is 399 g/mol. The first kappa shape index (κ1) is 19.7. The number of carbonyl (C=O) groups is 1. The van der Waals surface area contributed by atoms with Gasteiger partial charge in [0, 0.05) is 51.2 Å². The standard InChI is InChI=1S/C19H21N5O3S/c1-23(2)28(26,27)17-6-4-15(5-7-17)19(25)21-11-14-8-9-20-18(10-14)16-12-22-24(3)13-16/h4-10,12-13H,11H2,1-3H3,(H,21,25). The second kappa shape index (κ2) is 7.91. The topological polar surface area (TPSA) is 97.2 Å². The zero-order valence-corrected chi connectivity index (χ0v) is 16.6. The molecule has 0 aliphatic rings. The first-order chi connectivity index (χ1) is 13.3. The summed E-state index contributed by atoms with van der Waals surface area (Å²) < 4.78 is 27.0. The van der Waals surface area contributed by atoms with Crippen molar-refractivity contribution < 1.29 is 13.2 Å². The molecular formula is C19H21N5O3S. The van der Waals surface area contributed by atoms with Crippen LogP contribution in [0.1, 0.15) is 15.9 Å². The van der Waals surface area contributed by atoms with Crippen LogP contribution in [0.5, 0.6) is 0 Å². The van der Waals surface area contributed by atoms with Crippen molar-refractivity contribution in [2.75, 3.05) is 14.1 Å². The molecule has 3 rings (SSSR count). The summed E-state index contributed by atoms with van der Waals surface area (Å²) >= 11 is 0. The summed E-state index contributed by atoms with van der Waals surface area (Å²) in [6.07, 6.45) is 5.28. The molecule has 0 spiro atoms. The predicted octanol–water partition coefficient (Wildman–Crippen LogP) is 1.66. The van der Waals surface area contributed by atoms with Crippen LogP contribution in [0, 0.1) is 0 Å². The van der Waals surface area contributed by atoms with E-state index < -0.39 is 10.0 Å². The molecule has 0 saturated carbocycles. The fraction of sp³-hybridized carbons (Fsp3) is 0.211. The Bertz CT molecular complexity index is 1090. The van der Waals surface area contributed by atoms with Gasteiger partial charge in [-0.25, -0.2) is 12.7 Å². The molecule has 0 unspecified atom stereocenters. The number of rotatable bonds is 6. The molecule has 3 aromatic rings. The van der Waals surface area contributed by atoms with E-state index in [1.165, 1.54) is 38.4 Å². The third kappa shape index (κ3) is 4.26. The van der Waals surface area contributed by atoms with E-state index in [-0.39, 0.29) is 10.8 Å². The number of aromatic nitrogens is 3. The zero-order chi connectivity index (χ0) is 20.3. The summed E-state index contributed by atoms with van der Waals surface area (Å²) in [5, 5.41) is 6.97. The van der Waals surface area contributed by atoms with E-state index in [0.717, 1.165) is 21.1 Å². The minimum absolute atomic E-state index is 0.143. The second-order valence-electron chi connectivity index (χ2n) is 6.45. The molecule has 28 heavy (non-hydrogen) atoms. The molecule has 0 aliphatic carbocycles. The molecule has 0 bridgehead atoms. The third-order valence-corrected chi connectivity index (χ3v) is 6.00. The van der Waals surface area contributed by atoms with Crippen LogP contribution < -0.4 is 5.32 Å². The van der Waals surface area contributed by atoms with Crippen LogP contribution in [0.25, 0.3) is 11.3 Å². The maximum atomic E-state index is 12.4. The Balaban J connectivity index is 1.68. The molecule has 0 radical (unpaired) electrons. The number of benzene rings is 1. The van der Waals surface area contributed by atoms with Gasteiger partial charge in [0.05, 0.1) is 16.8 Å². The number of hydrogen-bond donors (Lipinski definition) is 1. The van der Waals surface area contributed by atoms with E-state index in [9.17, 15) is 13.2 Å². The van der Waals surface area contributed by atoms with Gasteiger partial charge in [-0.3, -0.25) is 14.5 Å². The molecule has 2 heterocycles. The quantitative estimate of drug-likeness (QED) is 0.680. The fourth-order valence-electron chi connectivity index (χ4n) is 2.57. The lowest BCUT2D eigenvalue weighted by Gasteiger charge is -2.11. The Kier molecular flexibility index (Phi) is 5.57. The summed E-state index contributed by atoms with van der Waals surface area (Å²) in [6.45, 7) is 0.326. The lowest BCUT2D eigenvalue weighted by molar-refractivity contribution is 0.0951. The van der Waals surface area contributed by atoms with Gasteiger partial charge in [-0.05, 0) is 42.0 Å². The van der Waals surface area contributed by atoms with E-state index >= 15 is 0 Å². The maximum Gasteiger partial charge on any atom is 0.251 e. The minimum Gasteiger partial charge on any atom is -0.348 e. The van der Waals surface area contributed by atoms with Crippen molar-refractivity contribution in [1.82, 2.24) is 24.4 Å². The van der Waals surface area contributed by atoms with Crippen LogP contribution in [-0.4, -0.2) is 47.5 Å². The van der Waals surface area contributed by atoms with Crippen LogP contribution in [0.3, 0.4) is 0 Å². The molecular weight excluding hydrogens is 378 g/mol. The average Bonchev–Trinajstić information content (AvgIpc) is 3.12. The van der Waals surface area contributed by atoms with Gasteiger partial charge in [0.2, 0.25) is 10.0 Å². The Labute approximate surface area is 163 Å². The molecule has 1 N–H and O–H groups in total. The van der Waals surface area contributed by atoms with Gasteiger partial charge in [-0.2, -0.15) is 5.10 Å². The number of nitrogens with zero attached hydrogens (tertiary/aromatic N) is 4. The molecule has 8 nitrogen and oxygen atoms in total. The van der Waals surface area contributed by atoms with E-state index in [4.69, 9.17) is 0 Å². The molecule has 0 atom stereocenters. The minimum atomic E-state index is -3.52. The van der Waals surface area contributed by atoms with Crippen molar-refractivity contribution in [3.63, 3.8) is 0 Å². The van der Waals surface area contributed by atoms with Gasteiger partial charge >= 0.3 is 0 Å². The normalized spacial score (nSPS) is 11.6. The van der Waals surface area contributed by atoms with Crippen molar-refractivity contribution in [3.8, 4) is 11.3 Å². The summed E-state index contributed by atoms with van der Waals surface area (Å²) in [4.78, 5) is 16.8. The van der Waals surface area contributed by atoms with E-state index in [2.05, 4.69) is 15.4 Å². The molecule has 1 aromatic carbocycles. The highest BCUT2D eigenvalue weighted by Gasteiger charge is 2.17. The van der Waals surface area contributed by atoms with Crippen LogP contribution in [-0.2, 0) is 23.6 Å². The Morgan fingerprint density at radius 2 is 1.89 bits per heavy atom. The predicted molar refractivity (Wildman–Crippen MR) is 105 cm³/mol. The molecule has 0 fully saturated rings. The monoisotopic (exact) mass is 399 g/mol. The van der Waals surface area contributed by atoms with Gasteiger partial charge in [0.25, 0.3) is 5.91 Å². The third-order valence-electron chi connectivity index (χ3n) is 4.17. The lowest BCUT2D eigenvalue weighted by Crippen LogP contribution is -2.24. The summed E-state index contributed by atoms with van der Waals surface area (Å²) in [7, 11) is 1.25. The summed E-state index contributed by atoms with van der Waals surface area (Å²) in [6, 6.07) is 9.57. The van der Waals surface area contributed by atoms with Crippen molar-refractivity contribution in [1.29, 1.82) is 0 Å². The Morgan fingerprint density at radius 1 is 1.18 bits per heavy atom. The molecule has 146 valence electrons. The number of amides is 1.